The molecule has 2 N–H and O–H groups in total. The van der Waals surface area contributed by atoms with Crippen LogP contribution in [0.2, 0.25) is 0 Å². The Labute approximate surface area is 229 Å². The van der Waals surface area contributed by atoms with Gasteiger partial charge in [-0.2, -0.15) is 0 Å². The molecule has 0 aromatic heterocycles. The second-order valence-corrected chi connectivity index (χ2v) is 11.2. The van der Waals surface area contributed by atoms with Gasteiger partial charge in [-0.25, -0.2) is 0 Å². The van der Waals surface area contributed by atoms with E-state index in [0.29, 0.717) is 11.7 Å². The Bertz CT molecular complexity index is 1170. The molecular weight excluding hydrogens is 468 g/mol. The molecule has 202 valence electrons. The summed E-state index contributed by atoms with van der Waals surface area (Å²) in [6, 6.07) is 21.6. The van der Waals surface area contributed by atoms with Gasteiger partial charge < -0.3 is 20.1 Å². The summed E-state index contributed by atoms with van der Waals surface area (Å²) in [5.41, 5.74) is 8.09. The van der Waals surface area contributed by atoms with E-state index in [9.17, 15) is 5.11 Å². The fraction of sp³-hybridized carbons (Fsp3) is 0.471. The first-order chi connectivity index (χ1) is 18.7. The van der Waals surface area contributed by atoms with Crippen molar-refractivity contribution in [2.24, 2.45) is 0 Å². The van der Waals surface area contributed by atoms with Gasteiger partial charge in [0, 0.05) is 24.8 Å². The van der Waals surface area contributed by atoms with Crippen molar-refractivity contribution >= 4 is 5.69 Å². The van der Waals surface area contributed by atoms with Crippen LogP contribution in [0.3, 0.4) is 0 Å². The van der Waals surface area contributed by atoms with Crippen molar-refractivity contribution < 1.29 is 9.84 Å². The van der Waals surface area contributed by atoms with Crippen LogP contribution in [0.25, 0.3) is 0 Å². The summed E-state index contributed by atoms with van der Waals surface area (Å²) < 4.78 is 5.55. The first-order valence-electron chi connectivity index (χ1n) is 14.7. The molecule has 1 atom stereocenters. The highest BCUT2D eigenvalue weighted by Gasteiger charge is 2.23. The Kier molecular flexibility index (Phi) is 9.24. The van der Waals surface area contributed by atoms with Gasteiger partial charge in [0.15, 0.2) is 0 Å². The minimum Gasteiger partial charge on any atom is -0.508 e. The second-order valence-electron chi connectivity index (χ2n) is 11.2. The van der Waals surface area contributed by atoms with Crippen molar-refractivity contribution in [1.82, 2.24) is 4.90 Å². The van der Waals surface area contributed by atoms with Gasteiger partial charge in [0.25, 0.3) is 0 Å². The Hall–Kier alpha value is -2.98. The van der Waals surface area contributed by atoms with Crippen LogP contribution in [-0.4, -0.2) is 43.3 Å². The van der Waals surface area contributed by atoms with Crippen molar-refractivity contribution in [3.05, 3.63) is 88.5 Å². The molecule has 0 amide bonds. The summed E-state index contributed by atoms with van der Waals surface area (Å²) in [5.74, 6) is 1.74. The smallest absolute Gasteiger partial charge is 0.120 e. The maximum Gasteiger partial charge on any atom is 0.120 e. The molecule has 1 fully saturated rings. The van der Waals surface area contributed by atoms with E-state index in [4.69, 9.17) is 4.74 Å². The number of nitrogens with zero attached hydrogens (tertiary/aromatic N) is 1. The summed E-state index contributed by atoms with van der Waals surface area (Å²) in [6.45, 7) is 4.69. The fourth-order valence-electron chi connectivity index (χ4n) is 6.21. The van der Waals surface area contributed by atoms with E-state index in [0.717, 1.165) is 50.8 Å². The van der Waals surface area contributed by atoms with E-state index >= 15 is 0 Å². The molecule has 0 saturated carbocycles. The minimum absolute atomic E-state index is 0.372. The summed E-state index contributed by atoms with van der Waals surface area (Å²) in [7, 11) is 1.74. The standard InChI is InChI=1S/C34H44N2O2/c1-38-32-16-17-33(30-13-12-29-24-31(37)15-14-28(29)23-30)34(25-32)35-19-6-7-26-8-10-27(11-9-26)18-22-36-20-4-2-3-5-21-36/h8-11,14-17,24-25,30,35,37H,2-7,12-13,18-23H2,1H3/t30-/m0/s1. The number of nitrogens with one attached hydrogen (secondary N) is 1. The molecule has 0 bridgehead atoms. The van der Waals surface area contributed by atoms with Gasteiger partial charge in [0.2, 0.25) is 0 Å². The van der Waals surface area contributed by atoms with Crippen LogP contribution in [0.4, 0.5) is 5.69 Å². The number of phenolic OH excluding ortho intramolecular Hbond substituents is 1. The fourth-order valence-corrected chi connectivity index (χ4v) is 6.21. The van der Waals surface area contributed by atoms with Crippen LogP contribution in [-0.2, 0) is 25.7 Å². The number of ether oxygens (including phenoxy) is 1. The second kappa shape index (κ2) is 13.2. The number of rotatable bonds is 10. The molecule has 38 heavy (non-hydrogen) atoms. The third-order valence-electron chi connectivity index (χ3n) is 8.51. The van der Waals surface area contributed by atoms with Crippen LogP contribution in [0.1, 0.15) is 72.3 Å². The zero-order valence-corrected chi connectivity index (χ0v) is 23.1. The molecule has 2 aliphatic rings. The molecule has 0 spiro atoms. The highest BCUT2D eigenvalue weighted by Crippen LogP contribution is 2.38. The van der Waals surface area contributed by atoms with Gasteiger partial charge in [0.05, 0.1) is 7.11 Å². The van der Waals surface area contributed by atoms with E-state index in [1.54, 1.807) is 7.11 Å². The molecule has 3 aromatic carbocycles. The van der Waals surface area contributed by atoms with E-state index in [1.807, 2.05) is 12.1 Å². The molecule has 0 unspecified atom stereocenters. The van der Waals surface area contributed by atoms with Crippen LogP contribution in [0.15, 0.2) is 60.7 Å². The highest BCUT2D eigenvalue weighted by atomic mass is 16.5. The number of fused-ring (bicyclic) bond motifs is 1. The Balaban J connectivity index is 1.13. The molecule has 5 rings (SSSR count). The largest absolute Gasteiger partial charge is 0.508 e. The first-order valence-corrected chi connectivity index (χ1v) is 14.7. The molecular formula is C34H44N2O2. The number of likely N-dealkylation sites (tertiary alicyclic amines) is 1. The zero-order chi connectivity index (χ0) is 26.2. The number of hydrogen-bond acceptors (Lipinski definition) is 4. The summed E-state index contributed by atoms with van der Waals surface area (Å²) in [6.07, 6.45) is 12.0. The molecule has 1 aliphatic carbocycles. The van der Waals surface area contributed by atoms with Crippen molar-refractivity contribution in [2.75, 3.05) is 38.6 Å². The number of aromatic hydroxyl groups is 1. The van der Waals surface area contributed by atoms with Gasteiger partial charge in [0.1, 0.15) is 11.5 Å². The van der Waals surface area contributed by atoms with Gasteiger partial charge in [-0.1, -0.05) is 49.2 Å². The number of benzene rings is 3. The Morgan fingerprint density at radius 3 is 2.39 bits per heavy atom. The summed E-state index contributed by atoms with van der Waals surface area (Å²) in [4.78, 5) is 2.65. The summed E-state index contributed by atoms with van der Waals surface area (Å²) in [5, 5.41) is 13.6. The maximum absolute atomic E-state index is 9.85. The highest BCUT2D eigenvalue weighted by molar-refractivity contribution is 5.57. The molecule has 0 radical (unpaired) electrons. The molecule has 3 aromatic rings. The molecule has 4 heteroatoms. The van der Waals surface area contributed by atoms with E-state index in [2.05, 4.69) is 58.7 Å². The van der Waals surface area contributed by atoms with Crippen molar-refractivity contribution in [3.8, 4) is 11.5 Å². The number of phenols is 1. The SMILES string of the molecule is COc1ccc([C@H]2CCc3cc(O)ccc3C2)c(NCCCc2ccc(CCN3CCCCCC3)cc2)c1. The van der Waals surface area contributed by atoms with Crippen LogP contribution in [0, 0.1) is 0 Å². The van der Waals surface area contributed by atoms with E-state index < -0.39 is 0 Å². The lowest BCUT2D eigenvalue weighted by Gasteiger charge is -2.27. The lowest BCUT2D eigenvalue weighted by molar-refractivity contribution is 0.289. The molecule has 1 saturated heterocycles. The maximum atomic E-state index is 9.85. The monoisotopic (exact) mass is 512 g/mol. The van der Waals surface area contributed by atoms with Gasteiger partial charge in [-0.05, 0) is 116 Å². The average molecular weight is 513 g/mol. The number of anilines is 1. The van der Waals surface area contributed by atoms with Crippen molar-refractivity contribution in [2.45, 2.75) is 70.1 Å². The normalized spacial score (nSPS) is 18.0. The average Bonchev–Trinajstić information content (AvgIpc) is 3.23. The van der Waals surface area contributed by atoms with Gasteiger partial charge in [-0.15, -0.1) is 0 Å². The molecule has 4 nitrogen and oxygen atoms in total. The van der Waals surface area contributed by atoms with Crippen LogP contribution in [0.5, 0.6) is 11.5 Å². The lowest BCUT2D eigenvalue weighted by Crippen LogP contribution is -2.26. The minimum atomic E-state index is 0.372. The van der Waals surface area contributed by atoms with Gasteiger partial charge in [-0.3, -0.25) is 0 Å². The van der Waals surface area contributed by atoms with E-state index in [1.165, 1.54) is 78.8 Å². The third kappa shape index (κ3) is 7.11. The predicted molar refractivity (Wildman–Crippen MR) is 158 cm³/mol. The number of hydrogen-bond donors (Lipinski definition) is 2. The van der Waals surface area contributed by atoms with Crippen molar-refractivity contribution in [3.63, 3.8) is 0 Å². The topological polar surface area (TPSA) is 44.7 Å². The Morgan fingerprint density at radius 1 is 0.868 bits per heavy atom. The lowest BCUT2D eigenvalue weighted by atomic mass is 9.79. The van der Waals surface area contributed by atoms with Crippen LogP contribution < -0.4 is 10.1 Å². The van der Waals surface area contributed by atoms with Crippen LogP contribution >= 0.6 is 0 Å². The number of methoxy groups -OCH3 is 1. The Morgan fingerprint density at radius 2 is 1.63 bits per heavy atom. The molecule has 1 heterocycles. The zero-order valence-electron chi connectivity index (χ0n) is 23.1. The first kappa shape index (κ1) is 26.6. The quantitative estimate of drug-likeness (QED) is 0.284. The van der Waals surface area contributed by atoms with E-state index in [-0.39, 0.29) is 0 Å². The summed E-state index contributed by atoms with van der Waals surface area (Å²) >= 11 is 0. The third-order valence-corrected chi connectivity index (χ3v) is 8.51. The predicted octanol–water partition coefficient (Wildman–Crippen LogP) is 7.14. The van der Waals surface area contributed by atoms with Gasteiger partial charge >= 0.3 is 0 Å². The molecule has 1 aliphatic heterocycles. The van der Waals surface area contributed by atoms with Crippen molar-refractivity contribution in [1.29, 1.82) is 0 Å². The number of aryl methyl sites for hydroxylation is 2.